The molecule has 32 heavy (non-hydrogen) atoms. The van der Waals surface area contributed by atoms with E-state index in [2.05, 4.69) is 0 Å². The van der Waals surface area contributed by atoms with Gasteiger partial charge in [0.05, 0.1) is 35.0 Å². The Morgan fingerprint density at radius 3 is 1.53 bits per heavy atom. The number of hydrogen-bond donors (Lipinski definition) is 0. The van der Waals surface area contributed by atoms with Gasteiger partial charge in [0.15, 0.2) is 11.2 Å². The van der Waals surface area contributed by atoms with E-state index >= 15 is 0 Å². The zero-order valence-electron chi connectivity index (χ0n) is 18.6. The van der Waals surface area contributed by atoms with Crippen LogP contribution in [0.4, 0.5) is 0 Å². The maximum absolute atomic E-state index is 6.71. The predicted molar refractivity (Wildman–Crippen MR) is 131 cm³/mol. The molecule has 0 spiro atoms. The first-order chi connectivity index (χ1) is 15.3. The van der Waals surface area contributed by atoms with Crippen molar-refractivity contribution in [3.8, 4) is 17.2 Å². The molecule has 3 aromatic carbocycles. The van der Waals surface area contributed by atoms with Crippen LogP contribution in [-0.2, 0) is 0 Å². The number of methoxy groups -OCH3 is 2. The third-order valence-electron chi connectivity index (χ3n) is 5.68. The smallest absolute Gasteiger partial charge is 0.453 e. The van der Waals surface area contributed by atoms with Crippen LogP contribution in [0.5, 0.6) is 17.2 Å². The fraction of sp³-hybridized carbons (Fsp3) is 0.250. The molecule has 0 aliphatic rings. The summed E-state index contributed by atoms with van der Waals surface area (Å²) < 4.78 is 30.4. The highest BCUT2D eigenvalue weighted by Gasteiger charge is 2.25. The van der Waals surface area contributed by atoms with Crippen molar-refractivity contribution in [2.75, 3.05) is 14.2 Å². The van der Waals surface area contributed by atoms with Crippen molar-refractivity contribution in [3.63, 3.8) is 0 Å². The topological polar surface area (TPSA) is 54.0 Å². The van der Waals surface area contributed by atoms with Gasteiger partial charge in [-0.15, -0.1) is 0 Å². The minimum atomic E-state index is -1.86. The van der Waals surface area contributed by atoms with Gasteiger partial charge in [-0.3, -0.25) is 0 Å². The lowest BCUT2D eigenvalue weighted by molar-refractivity contribution is 0.416. The molecule has 8 heteroatoms. The zero-order chi connectivity index (χ0) is 23.2. The molecule has 1 heterocycles. The van der Waals surface area contributed by atoms with E-state index in [0.29, 0.717) is 49.2 Å². The molecule has 0 atom stereocenters. The van der Waals surface area contributed by atoms with E-state index in [-0.39, 0.29) is 0 Å². The van der Waals surface area contributed by atoms with E-state index in [1.807, 2.05) is 58.0 Å². The Morgan fingerprint density at radius 1 is 0.688 bits per heavy atom. The van der Waals surface area contributed by atoms with E-state index in [1.54, 1.807) is 14.2 Å². The van der Waals surface area contributed by atoms with E-state index in [0.717, 1.165) is 22.3 Å². The second-order valence-corrected chi connectivity index (χ2v) is 9.16. The molecule has 0 bridgehead atoms. The summed E-state index contributed by atoms with van der Waals surface area (Å²) in [6.07, 6.45) is 0. The van der Waals surface area contributed by atoms with Gasteiger partial charge in [0.1, 0.15) is 17.2 Å². The third-order valence-corrected chi connectivity index (χ3v) is 7.62. The first-order valence-electron chi connectivity index (χ1n) is 9.92. The molecule has 0 aliphatic carbocycles. The zero-order valence-corrected chi connectivity index (χ0v) is 21.0. The van der Waals surface area contributed by atoms with Crippen LogP contribution in [0.15, 0.2) is 38.7 Å². The second kappa shape index (κ2) is 8.82. The van der Waals surface area contributed by atoms with Gasteiger partial charge in [-0.25, -0.2) is 0 Å². The van der Waals surface area contributed by atoms with Crippen molar-refractivity contribution in [3.05, 3.63) is 62.6 Å². The highest BCUT2D eigenvalue weighted by atomic mass is 35.5. The summed E-state index contributed by atoms with van der Waals surface area (Å²) in [5, 5.41) is 2.23. The first kappa shape index (κ1) is 22.7. The highest BCUT2D eigenvalue weighted by molar-refractivity contribution is 7.32. The monoisotopic (exact) mass is 492 g/mol. The van der Waals surface area contributed by atoms with Gasteiger partial charge in [-0.05, 0) is 62.1 Å². The van der Waals surface area contributed by atoms with E-state index < -0.39 is 8.24 Å². The number of hydrogen-bond acceptors (Lipinski definition) is 5. The lowest BCUT2D eigenvalue weighted by Gasteiger charge is -2.15. The Bertz CT molecular complexity index is 1300. The van der Waals surface area contributed by atoms with Gasteiger partial charge in [-0.2, -0.15) is 0 Å². The normalized spacial score (nSPS) is 11.1. The van der Waals surface area contributed by atoms with Crippen molar-refractivity contribution in [1.29, 1.82) is 0 Å². The van der Waals surface area contributed by atoms with Gasteiger partial charge in [-0.1, -0.05) is 41.4 Å². The molecule has 0 unspecified atom stereocenters. The molecule has 5 nitrogen and oxygen atoms in total. The van der Waals surface area contributed by atoms with Gasteiger partial charge in [0.25, 0.3) is 0 Å². The molecule has 0 fully saturated rings. The van der Waals surface area contributed by atoms with Crippen LogP contribution in [0.1, 0.15) is 22.3 Å². The standard InChI is InChI=1S/C24H23Cl2O5P/c1-12-14(3)21-17(23(27-5)19(12)25)18-22(15(4)13(2)20(26)24(18)28-6)31-32(30-21)29-16-10-8-7-9-11-16/h7-11H,1-6H3. The molecule has 4 aromatic rings. The van der Waals surface area contributed by atoms with Gasteiger partial charge in [0, 0.05) is 0 Å². The fourth-order valence-corrected chi connectivity index (χ4v) is 5.44. The lowest BCUT2D eigenvalue weighted by atomic mass is 9.99. The summed E-state index contributed by atoms with van der Waals surface area (Å²) in [6, 6.07) is 9.40. The average Bonchev–Trinajstić information content (AvgIpc) is 2.95. The van der Waals surface area contributed by atoms with Crippen molar-refractivity contribution >= 4 is 53.4 Å². The molecular formula is C24H23Cl2O5P. The van der Waals surface area contributed by atoms with E-state index in [4.69, 9.17) is 45.6 Å². The first-order valence-corrected chi connectivity index (χ1v) is 11.8. The molecule has 0 N–H and O–H groups in total. The number of fused-ring (bicyclic) bond motifs is 3. The molecule has 0 amide bonds. The number of halogens is 2. The number of para-hydroxylation sites is 1. The molecular weight excluding hydrogens is 470 g/mol. The average molecular weight is 493 g/mol. The van der Waals surface area contributed by atoms with E-state index in [9.17, 15) is 0 Å². The number of benzene rings is 3. The molecule has 0 saturated heterocycles. The molecule has 168 valence electrons. The number of ether oxygens (including phenoxy) is 2. The summed E-state index contributed by atoms with van der Waals surface area (Å²) in [6.45, 7) is 7.72. The Kier molecular flexibility index (Phi) is 6.26. The molecule has 0 aliphatic heterocycles. The van der Waals surface area contributed by atoms with Gasteiger partial charge in [0.2, 0.25) is 0 Å². The summed E-state index contributed by atoms with van der Waals surface area (Å²) in [7, 11) is 1.28. The maximum atomic E-state index is 6.71. The van der Waals surface area contributed by atoms with Crippen molar-refractivity contribution in [2.24, 2.45) is 0 Å². The third kappa shape index (κ3) is 3.59. The Hall–Kier alpha value is -2.46. The largest absolute Gasteiger partial charge is 0.494 e. The Labute approximate surface area is 197 Å². The highest BCUT2D eigenvalue weighted by Crippen LogP contribution is 2.50. The van der Waals surface area contributed by atoms with Gasteiger partial charge < -0.3 is 22.4 Å². The van der Waals surface area contributed by atoms with Crippen LogP contribution in [0.25, 0.3) is 21.9 Å². The molecule has 0 saturated carbocycles. The van der Waals surface area contributed by atoms with Crippen molar-refractivity contribution < 1.29 is 22.4 Å². The van der Waals surface area contributed by atoms with Crippen molar-refractivity contribution in [1.82, 2.24) is 0 Å². The fourth-order valence-electron chi connectivity index (χ4n) is 3.65. The van der Waals surface area contributed by atoms with Crippen molar-refractivity contribution in [2.45, 2.75) is 27.7 Å². The summed E-state index contributed by atoms with van der Waals surface area (Å²) in [4.78, 5) is 0. The lowest BCUT2D eigenvalue weighted by Crippen LogP contribution is -1.96. The van der Waals surface area contributed by atoms with Crippen LogP contribution < -0.4 is 14.0 Å². The van der Waals surface area contributed by atoms with Crippen LogP contribution in [0, 0.1) is 27.7 Å². The summed E-state index contributed by atoms with van der Waals surface area (Å²) in [5.41, 5.74) is 4.50. The number of rotatable bonds is 4. The minimum Gasteiger partial charge on any atom is -0.494 e. The quantitative estimate of drug-likeness (QED) is 0.285. The van der Waals surface area contributed by atoms with Crippen LogP contribution in [0.3, 0.4) is 0 Å². The molecule has 0 radical (unpaired) electrons. The number of aryl methyl sites for hydroxylation is 2. The summed E-state index contributed by atoms with van der Waals surface area (Å²) in [5.74, 6) is 1.56. The predicted octanol–water partition coefficient (Wildman–Crippen LogP) is 8.69. The Morgan fingerprint density at radius 2 is 1.12 bits per heavy atom. The summed E-state index contributed by atoms with van der Waals surface area (Å²) >= 11 is 13.4. The molecule has 4 rings (SSSR count). The second-order valence-electron chi connectivity index (χ2n) is 7.41. The van der Waals surface area contributed by atoms with Crippen LogP contribution >= 0.6 is 31.4 Å². The maximum Gasteiger partial charge on any atom is 0.453 e. The van der Waals surface area contributed by atoms with Crippen LogP contribution in [0.2, 0.25) is 10.0 Å². The minimum absolute atomic E-state index is 0.462. The van der Waals surface area contributed by atoms with Crippen LogP contribution in [-0.4, -0.2) is 14.2 Å². The van der Waals surface area contributed by atoms with E-state index in [1.165, 1.54) is 0 Å². The molecule has 1 aromatic heterocycles. The SMILES string of the molecule is COc1c(Cl)c(C)c(C)c2op(Oc3ccccc3)oc3c(C)c(C)c(Cl)c(OC)c3c12. The van der Waals surface area contributed by atoms with Gasteiger partial charge >= 0.3 is 8.24 Å². The Balaban J connectivity index is 2.30.